The number of piperazine rings is 1. The van der Waals surface area contributed by atoms with E-state index >= 15 is 0 Å². The van der Waals surface area contributed by atoms with Crippen LogP contribution in [0, 0.1) is 10.1 Å². The van der Waals surface area contributed by atoms with E-state index in [4.69, 9.17) is 11.6 Å². The number of nitrogens with one attached hydrogen (secondary N) is 1. The molecule has 146 valence electrons. The number of halogens is 1. The first-order chi connectivity index (χ1) is 13.4. The monoisotopic (exact) mass is 402 g/mol. The molecule has 3 rings (SSSR count). The van der Waals surface area contributed by atoms with Gasteiger partial charge < -0.3 is 10.2 Å². The highest BCUT2D eigenvalue weighted by Gasteiger charge is 2.24. The highest BCUT2D eigenvalue weighted by molar-refractivity contribution is 6.31. The predicted molar refractivity (Wildman–Crippen MR) is 106 cm³/mol. The number of carbonyl (C=O) groups excluding carboxylic acids is 2. The van der Waals surface area contributed by atoms with Crippen molar-refractivity contribution < 1.29 is 14.5 Å². The maximum atomic E-state index is 12.5. The number of nitro groups is 1. The molecule has 1 saturated heterocycles. The lowest BCUT2D eigenvalue weighted by Crippen LogP contribution is -2.50. The Bertz CT molecular complexity index is 883. The standard InChI is InChI=1S/C19H19ClN4O4/c20-15-6-7-16(17(12-15)24(27)28)21-18(25)13-22-8-10-23(11-9-22)19(26)14-4-2-1-3-5-14/h1-7,12H,8-11,13H2,(H,21,25). The maximum Gasteiger partial charge on any atom is 0.294 e. The molecule has 0 unspecified atom stereocenters. The summed E-state index contributed by atoms with van der Waals surface area (Å²) in [5, 5.41) is 13.9. The van der Waals surface area contributed by atoms with E-state index in [1.54, 1.807) is 17.0 Å². The summed E-state index contributed by atoms with van der Waals surface area (Å²) in [6, 6.07) is 13.2. The number of hydrogen-bond donors (Lipinski definition) is 1. The summed E-state index contributed by atoms with van der Waals surface area (Å²) < 4.78 is 0. The van der Waals surface area contributed by atoms with Crippen molar-refractivity contribution in [3.63, 3.8) is 0 Å². The number of carbonyl (C=O) groups is 2. The molecule has 28 heavy (non-hydrogen) atoms. The van der Waals surface area contributed by atoms with Crippen LogP contribution in [0.15, 0.2) is 48.5 Å². The second kappa shape index (κ2) is 8.81. The van der Waals surface area contributed by atoms with Crippen LogP contribution in [-0.4, -0.2) is 59.3 Å². The molecule has 2 aromatic carbocycles. The molecule has 0 aliphatic carbocycles. The van der Waals surface area contributed by atoms with Gasteiger partial charge in [0, 0.05) is 42.8 Å². The molecule has 0 spiro atoms. The first-order valence-electron chi connectivity index (χ1n) is 8.74. The highest BCUT2D eigenvalue weighted by Crippen LogP contribution is 2.27. The molecule has 1 fully saturated rings. The van der Waals surface area contributed by atoms with E-state index in [9.17, 15) is 19.7 Å². The Morgan fingerprint density at radius 1 is 1.07 bits per heavy atom. The molecule has 1 aliphatic heterocycles. The van der Waals surface area contributed by atoms with Crippen LogP contribution >= 0.6 is 11.6 Å². The molecule has 0 radical (unpaired) electrons. The molecule has 0 bridgehead atoms. The summed E-state index contributed by atoms with van der Waals surface area (Å²) in [4.78, 5) is 38.9. The zero-order valence-electron chi connectivity index (χ0n) is 15.0. The second-order valence-electron chi connectivity index (χ2n) is 6.40. The van der Waals surface area contributed by atoms with Gasteiger partial charge in [-0.25, -0.2) is 0 Å². The largest absolute Gasteiger partial charge is 0.336 e. The highest BCUT2D eigenvalue weighted by atomic mass is 35.5. The fraction of sp³-hybridized carbons (Fsp3) is 0.263. The maximum absolute atomic E-state index is 12.5. The molecule has 2 aromatic rings. The average molecular weight is 403 g/mol. The number of anilines is 1. The van der Waals surface area contributed by atoms with Gasteiger partial charge in [-0.2, -0.15) is 0 Å². The first kappa shape index (κ1) is 19.8. The third-order valence-corrected chi connectivity index (χ3v) is 4.71. The van der Waals surface area contributed by atoms with E-state index < -0.39 is 4.92 Å². The number of nitro benzene ring substituents is 1. The Hall–Kier alpha value is -2.97. The minimum Gasteiger partial charge on any atom is -0.336 e. The Labute approximate surface area is 166 Å². The summed E-state index contributed by atoms with van der Waals surface area (Å²) in [5.41, 5.74) is 0.500. The van der Waals surface area contributed by atoms with Crippen molar-refractivity contribution in [2.75, 3.05) is 38.0 Å². The quantitative estimate of drug-likeness (QED) is 0.612. The van der Waals surface area contributed by atoms with Crippen molar-refractivity contribution in [2.24, 2.45) is 0 Å². The minimum absolute atomic E-state index is 0.0264. The van der Waals surface area contributed by atoms with Crippen molar-refractivity contribution in [3.05, 3.63) is 69.2 Å². The van der Waals surface area contributed by atoms with Crippen molar-refractivity contribution in [1.82, 2.24) is 9.80 Å². The van der Waals surface area contributed by atoms with Gasteiger partial charge in [0.2, 0.25) is 5.91 Å². The number of benzene rings is 2. The van der Waals surface area contributed by atoms with Crippen LogP contribution < -0.4 is 5.32 Å². The van der Waals surface area contributed by atoms with Crippen LogP contribution in [0.1, 0.15) is 10.4 Å². The minimum atomic E-state index is -0.588. The lowest BCUT2D eigenvalue weighted by Gasteiger charge is -2.34. The van der Waals surface area contributed by atoms with E-state index in [1.807, 2.05) is 23.1 Å². The Morgan fingerprint density at radius 2 is 1.75 bits per heavy atom. The molecular weight excluding hydrogens is 384 g/mol. The summed E-state index contributed by atoms with van der Waals surface area (Å²) in [5.74, 6) is -0.380. The fourth-order valence-corrected chi connectivity index (χ4v) is 3.19. The first-order valence-corrected chi connectivity index (χ1v) is 9.12. The van der Waals surface area contributed by atoms with Gasteiger partial charge in [0.1, 0.15) is 5.69 Å². The zero-order chi connectivity index (χ0) is 20.1. The number of nitrogens with zero attached hydrogens (tertiary/aromatic N) is 3. The fourth-order valence-electron chi connectivity index (χ4n) is 3.03. The molecule has 0 aromatic heterocycles. The second-order valence-corrected chi connectivity index (χ2v) is 6.84. The number of rotatable bonds is 5. The lowest BCUT2D eigenvalue weighted by atomic mass is 10.2. The molecule has 0 saturated carbocycles. The predicted octanol–water partition coefficient (Wildman–Crippen LogP) is 2.64. The topological polar surface area (TPSA) is 95.8 Å². The van der Waals surface area contributed by atoms with Crippen LogP contribution in [0.2, 0.25) is 5.02 Å². The van der Waals surface area contributed by atoms with E-state index in [1.165, 1.54) is 18.2 Å². The summed E-state index contributed by atoms with van der Waals surface area (Å²) in [6.45, 7) is 2.22. The Morgan fingerprint density at radius 3 is 2.39 bits per heavy atom. The van der Waals surface area contributed by atoms with Gasteiger partial charge in [-0.1, -0.05) is 29.8 Å². The Kier molecular flexibility index (Phi) is 6.23. The van der Waals surface area contributed by atoms with E-state index in [0.29, 0.717) is 31.7 Å². The molecule has 1 N–H and O–H groups in total. The molecule has 8 nitrogen and oxygen atoms in total. The molecule has 9 heteroatoms. The van der Waals surface area contributed by atoms with E-state index in [0.717, 1.165) is 0 Å². The van der Waals surface area contributed by atoms with Crippen LogP contribution in [0.25, 0.3) is 0 Å². The van der Waals surface area contributed by atoms with E-state index in [-0.39, 0.29) is 34.8 Å². The van der Waals surface area contributed by atoms with Crippen molar-refractivity contribution in [2.45, 2.75) is 0 Å². The van der Waals surface area contributed by atoms with Gasteiger partial charge in [-0.15, -0.1) is 0 Å². The van der Waals surface area contributed by atoms with Crippen LogP contribution in [0.5, 0.6) is 0 Å². The third kappa shape index (κ3) is 4.85. The molecule has 2 amide bonds. The van der Waals surface area contributed by atoms with Crippen molar-refractivity contribution in [3.8, 4) is 0 Å². The number of amides is 2. The zero-order valence-corrected chi connectivity index (χ0v) is 15.8. The molecule has 1 heterocycles. The van der Waals surface area contributed by atoms with Gasteiger partial charge in [-0.05, 0) is 24.3 Å². The molecule has 1 aliphatic rings. The van der Waals surface area contributed by atoms with Crippen LogP contribution in [0.3, 0.4) is 0 Å². The number of hydrogen-bond acceptors (Lipinski definition) is 5. The Balaban J connectivity index is 1.53. The smallest absolute Gasteiger partial charge is 0.294 e. The normalized spacial score (nSPS) is 14.5. The third-order valence-electron chi connectivity index (χ3n) is 4.48. The van der Waals surface area contributed by atoms with Crippen molar-refractivity contribution >= 4 is 34.8 Å². The van der Waals surface area contributed by atoms with E-state index in [2.05, 4.69) is 5.32 Å². The molecular formula is C19H19ClN4O4. The van der Waals surface area contributed by atoms with Gasteiger partial charge in [0.05, 0.1) is 11.5 Å². The van der Waals surface area contributed by atoms with Crippen molar-refractivity contribution in [1.29, 1.82) is 0 Å². The van der Waals surface area contributed by atoms with Crippen LogP contribution in [-0.2, 0) is 4.79 Å². The average Bonchev–Trinajstić information content (AvgIpc) is 2.70. The van der Waals surface area contributed by atoms with Gasteiger partial charge in [0.25, 0.3) is 11.6 Å². The van der Waals surface area contributed by atoms with Gasteiger partial charge >= 0.3 is 0 Å². The molecule has 0 atom stereocenters. The summed E-state index contributed by atoms with van der Waals surface area (Å²) in [6.07, 6.45) is 0. The van der Waals surface area contributed by atoms with Gasteiger partial charge in [-0.3, -0.25) is 24.6 Å². The SMILES string of the molecule is O=C(CN1CCN(C(=O)c2ccccc2)CC1)Nc1ccc(Cl)cc1[N+](=O)[O-]. The summed E-state index contributed by atoms with van der Waals surface area (Å²) in [7, 11) is 0. The lowest BCUT2D eigenvalue weighted by molar-refractivity contribution is -0.383. The van der Waals surface area contributed by atoms with Crippen LogP contribution in [0.4, 0.5) is 11.4 Å². The summed E-state index contributed by atoms with van der Waals surface area (Å²) >= 11 is 5.78. The van der Waals surface area contributed by atoms with Gasteiger partial charge in [0.15, 0.2) is 0 Å².